The third kappa shape index (κ3) is 7.83. The lowest BCUT2D eigenvalue weighted by Crippen LogP contribution is -2.24. The third-order valence-electron chi connectivity index (χ3n) is 4.47. The highest BCUT2D eigenvalue weighted by atomic mass is 16.5. The molecule has 0 saturated heterocycles. The molecule has 0 aromatic heterocycles. The van der Waals surface area contributed by atoms with Gasteiger partial charge in [-0.2, -0.15) is 20.7 Å². The molecule has 0 aliphatic rings. The van der Waals surface area contributed by atoms with Gasteiger partial charge < -0.3 is 9.47 Å². The number of carbonyl (C=O) groups excluding carboxylic acids is 2. The zero-order valence-corrected chi connectivity index (χ0v) is 18.9. The van der Waals surface area contributed by atoms with Crippen LogP contribution in [0.25, 0.3) is 0 Å². The second-order valence-electron chi connectivity index (χ2n) is 7.05. The van der Waals surface area contributed by atoms with Crippen LogP contribution in [-0.4, -0.2) is 37.5 Å². The van der Waals surface area contributed by atoms with E-state index in [1.807, 2.05) is 12.1 Å². The van der Waals surface area contributed by atoms with Gasteiger partial charge in [0.1, 0.15) is 23.6 Å². The van der Waals surface area contributed by atoms with Gasteiger partial charge in [0, 0.05) is 0 Å². The summed E-state index contributed by atoms with van der Waals surface area (Å²) < 4.78 is 10.7. The number of rotatable bonds is 10. The van der Waals surface area contributed by atoms with Gasteiger partial charge in [-0.15, -0.1) is 0 Å². The topological polar surface area (TPSA) is 149 Å². The second-order valence-corrected chi connectivity index (χ2v) is 7.05. The van der Waals surface area contributed by atoms with E-state index < -0.39 is 11.8 Å². The Kier molecular flexibility index (Phi) is 9.28. The molecule has 178 valence electrons. The van der Waals surface area contributed by atoms with E-state index in [4.69, 9.17) is 20.0 Å². The first-order valence-electron chi connectivity index (χ1n) is 10.6. The smallest absolute Gasteiger partial charge is 0.277 e. The van der Waals surface area contributed by atoms with Gasteiger partial charge in [-0.1, -0.05) is 48.5 Å². The van der Waals surface area contributed by atoms with E-state index in [0.717, 1.165) is 11.1 Å². The van der Waals surface area contributed by atoms with E-state index in [1.54, 1.807) is 72.8 Å². The number of benzene rings is 3. The van der Waals surface area contributed by atoms with Gasteiger partial charge in [-0.25, -0.2) is 10.9 Å². The van der Waals surface area contributed by atoms with Crippen LogP contribution in [0.4, 0.5) is 0 Å². The number of ether oxygens (including phenoxy) is 2. The summed E-state index contributed by atoms with van der Waals surface area (Å²) in [6.07, 6.45) is 2.92. The number of nitriles is 2. The van der Waals surface area contributed by atoms with Crippen molar-refractivity contribution in [2.75, 3.05) is 13.2 Å². The number of hydrazone groups is 2. The van der Waals surface area contributed by atoms with Crippen molar-refractivity contribution >= 4 is 24.2 Å². The standard InChI is InChI=1S/C26H20N6O4/c27-13-21-5-1-3-7-23(21)35-17-25(33)31-29-15-19-9-11-20(12-10-19)16-30-32-26(34)18-36-24-8-4-2-6-22(24)14-28/h1-12,15-16H,17-18H2,(H,31,33)(H,32,34). The lowest BCUT2D eigenvalue weighted by molar-refractivity contribution is -0.123. The number of hydrogen-bond acceptors (Lipinski definition) is 8. The number of hydrogen-bond donors (Lipinski definition) is 2. The summed E-state index contributed by atoms with van der Waals surface area (Å²) in [5, 5.41) is 25.8. The molecule has 0 aliphatic heterocycles. The molecule has 2 N–H and O–H groups in total. The quantitative estimate of drug-likeness (QED) is 0.336. The molecule has 3 aromatic rings. The van der Waals surface area contributed by atoms with Crippen LogP contribution >= 0.6 is 0 Å². The first-order chi connectivity index (χ1) is 17.6. The molecular formula is C26H20N6O4. The van der Waals surface area contributed by atoms with Crippen LogP contribution in [0.15, 0.2) is 83.0 Å². The van der Waals surface area contributed by atoms with Crippen LogP contribution in [0.3, 0.4) is 0 Å². The first-order valence-corrected chi connectivity index (χ1v) is 10.6. The molecule has 0 spiro atoms. The van der Waals surface area contributed by atoms with Gasteiger partial charge in [0.25, 0.3) is 11.8 Å². The van der Waals surface area contributed by atoms with Gasteiger partial charge in [-0.05, 0) is 35.4 Å². The fourth-order valence-electron chi connectivity index (χ4n) is 2.75. The molecule has 0 aliphatic carbocycles. The minimum Gasteiger partial charge on any atom is -0.482 e. The van der Waals surface area contributed by atoms with Crippen LogP contribution in [0.5, 0.6) is 11.5 Å². The molecule has 3 aromatic carbocycles. The summed E-state index contributed by atoms with van der Waals surface area (Å²) in [6.45, 7) is -0.569. The Morgan fingerprint density at radius 1 is 0.694 bits per heavy atom. The van der Waals surface area contributed by atoms with E-state index in [9.17, 15) is 9.59 Å². The van der Waals surface area contributed by atoms with Crippen molar-refractivity contribution in [1.29, 1.82) is 10.5 Å². The molecule has 3 rings (SSSR count). The van der Waals surface area contributed by atoms with Crippen LogP contribution in [-0.2, 0) is 9.59 Å². The number of para-hydroxylation sites is 2. The Morgan fingerprint density at radius 3 is 1.47 bits per heavy atom. The predicted octanol–water partition coefficient (Wildman–Crippen LogP) is 2.49. The van der Waals surface area contributed by atoms with Gasteiger partial charge in [0.15, 0.2) is 13.2 Å². The van der Waals surface area contributed by atoms with Gasteiger partial charge in [0.2, 0.25) is 0 Å². The monoisotopic (exact) mass is 480 g/mol. The van der Waals surface area contributed by atoms with Crippen molar-refractivity contribution in [3.8, 4) is 23.6 Å². The Labute approximate surface area is 207 Å². The number of nitrogens with zero attached hydrogens (tertiary/aromatic N) is 4. The number of carbonyl (C=O) groups is 2. The summed E-state index contributed by atoms with van der Waals surface area (Å²) in [5.41, 5.74) is 6.82. The Bertz CT molecular complexity index is 1250. The van der Waals surface area contributed by atoms with E-state index in [2.05, 4.69) is 21.1 Å². The van der Waals surface area contributed by atoms with Crippen molar-refractivity contribution in [3.63, 3.8) is 0 Å². The average molecular weight is 480 g/mol. The summed E-state index contributed by atoms with van der Waals surface area (Å²) in [7, 11) is 0. The largest absolute Gasteiger partial charge is 0.482 e. The molecule has 0 saturated carbocycles. The van der Waals surface area contributed by atoms with Gasteiger partial charge in [-0.3, -0.25) is 9.59 Å². The molecule has 0 heterocycles. The summed E-state index contributed by atoms with van der Waals surface area (Å²) >= 11 is 0. The Hall–Kier alpha value is -5.48. The zero-order chi connectivity index (χ0) is 25.6. The molecular weight excluding hydrogens is 460 g/mol. The summed E-state index contributed by atoms with van der Waals surface area (Å²) in [4.78, 5) is 23.8. The SMILES string of the molecule is N#Cc1ccccc1OCC(=O)NN=Cc1ccc(C=NNC(=O)COc2ccccc2C#N)cc1. The fraction of sp³-hybridized carbons (Fsp3) is 0.0769. The molecule has 2 amide bonds. The maximum Gasteiger partial charge on any atom is 0.277 e. The number of nitrogens with one attached hydrogen (secondary N) is 2. The van der Waals surface area contributed by atoms with E-state index in [0.29, 0.717) is 22.6 Å². The molecule has 0 atom stereocenters. The highest BCUT2D eigenvalue weighted by molar-refractivity contribution is 5.86. The van der Waals surface area contributed by atoms with Gasteiger partial charge >= 0.3 is 0 Å². The first kappa shape index (κ1) is 25.1. The lowest BCUT2D eigenvalue weighted by Gasteiger charge is -2.06. The van der Waals surface area contributed by atoms with Crippen molar-refractivity contribution < 1.29 is 19.1 Å². The van der Waals surface area contributed by atoms with Crippen molar-refractivity contribution in [2.45, 2.75) is 0 Å². The Morgan fingerprint density at radius 2 is 1.08 bits per heavy atom. The van der Waals surface area contributed by atoms with Crippen molar-refractivity contribution in [1.82, 2.24) is 10.9 Å². The average Bonchev–Trinajstić information content (AvgIpc) is 2.92. The zero-order valence-electron chi connectivity index (χ0n) is 18.9. The maximum absolute atomic E-state index is 11.9. The number of amides is 2. The van der Waals surface area contributed by atoms with Gasteiger partial charge in [0.05, 0.1) is 23.6 Å². The fourth-order valence-corrected chi connectivity index (χ4v) is 2.75. The summed E-state index contributed by atoms with van der Waals surface area (Å²) in [6, 6.07) is 24.2. The van der Waals surface area contributed by atoms with Crippen molar-refractivity contribution in [2.24, 2.45) is 10.2 Å². The molecule has 10 heteroatoms. The van der Waals surface area contributed by atoms with Crippen LogP contribution in [0.2, 0.25) is 0 Å². The molecule has 0 radical (unpaired) electrons. The van der Waals surface area contributed by atoms with Crippen molar-refractivity contribution in [3.05, 3.63) is 95.1 Å². The maximum atomic E-state index is 11.9. The third-order valence-corrected chi connectivity index (χ3v) is 4.47. The van der Waals surface area contributed by atoms with E-state index >= 15 is 0 Å². The predicted molar refractivity (Wildman–Crippen MR) is 131 cm³/mol. The van der Waals surface area contributed by atoms with Crippen LogP contribution in [0.1, 0.15) is 22.3 Å². The normalized spacial score (nSPS) is 10.4. The minimum absolute atomic E-state index is 0.285. The molecule has 0 bridgehead atoms. The Balaban J connectivity index is 1.40. The van der Waals surface area contributed by atoms with E-state index in [1.165, 1.54) is 12.4 Å². The minimum atomic E-state index is -0.474. The van der Waals surface area contributed by atoms with Crippen LogP contribution < -0.4 is 20.3 Å². The molecule has 10 nitrogen and oxygen atoms in total. The van der Waals surface area contributed by atoms with E-state index in [-0.39, 0.29) is 13.2 Å². The highest BCUT2D eigenvalue weighted by Gasteiger charge is 2.06. The lowest BCUT2D eigenvalue weighted by atomic mass is 10.2. The van der Waals surface area contributed by atoms with Crippen LogP contribution in [0, 0.1) is 22.7 Å². The molecule has 0 unspecified atom stereocenters. The molecule has 36 heavy (non-hydrogen) atoms. The second kappa shape index (κ2) is 13.3. The summed E-state index contributed by atoms with van der Waals surface area (Å²) in [5.74, 6) is -0.300. The highest BCUT2D eigenvalue weighted by Crippen LogP contribution is 2.17. The molecule has 0 fully saturated rings.